The summed E-state index contributed by atoms with van der Waals surface area (Å²) in [6.07, 6.45) is 19.4. The fourth-order valence-corrected chi connectivity index (χ4v) is 4.11. The van der Waals surface area contributed by atoms with Crippen LogP contribution in [0.3, 0.4) is 0 Å². The molecule has 2 unspecified atom stereocenters. The Morgan fingerprint density at radius 2 is 1.32 bits per heavy atom. The molecule has 128 valence electrons. The molecule has 0 N–H and O–H groups in total. The largest absolute Gasteiger partial charge is 0.375 e. The first-order valence-electron chi connectivity index (χ1n) is 9.97. The molecule has 0 aromatic carbocycles. The van der Waals surface area contributed by atoms with Gasteiger partial charge in [-0.3, -0.25) is 4.79 Å². The topological polar surface area (TPSA) is 26.3 Å². The Balaban J connectivity index is 1.41. The average molecular weight is 309 g/mol. The van der Waals surface area contributed by atoms with Crippen LogP contribution in [0.15, 0.2) is 0 Å². The smallest absolute Gasteiger partial charge is 0.136 e. The van der Waals surface area contributed by atoms with Crippen LogP contribution in [0, 0.1) is 5.92 Å². The molecule has 2 heteroatoms. The molecule has 22 heavy (non-hydrogen) atoms. The van der Waals surface area contributed by atoms with Gasteiger partial charge in [0.1, 0.15) is 5.78 Å². The number of carbonyl (C=O) groups is 1. The molecule has 0 aromatic heterocycles. The molecule has 0 saturated carbocycles. The van der Waals surface area contributed by atoms with Gasteiger partial charge in [0.25, 0.3) is 0 Å². The highest BCUT2D eigenvalue weighted by Gasteiger charge is 2.37. The molecule has 0 aliphatic carbocycles. The summed E-state index contributed by atoms with van der Waals surface area (Å²) >= 11 is 0. The van der Waals surface area contributed by atoms with Crippen molar-refractivity contribution in [3.05, 3.63) is 0 Å². The highest BCUT2D eigenvalue weighted by atomic mass is 16.5. The molecule has 2 aliphatic heterocycles. The number of unbranched alkanes of at least 4 members (excludes halogenated alkanes) is 9. The van der Waals surface area contributed by atoms with Crippen molar-refractivity contribution < 1.29 is 9.53 Å². The van der Waals surface area contributed by atoms with Crippen molar-refractivity contribution in [2.24, 2.45) is 5.92 Å². The highest BCUT2D eigenvalue weighted by molar-refractivity contribution is 5.81. The van der Waals surface area contributed by atoms with Gasteiger partial charge in [-0.25, -0.2) is 0 Å². The van der Waals surface area contributed by atoms with Crippen molar-refractivity contribution in [1.29, 1.82) is 0 Å². The zero-order chi connectivity index (χ0) is 15.6. The van der Waals surface area contributed by atoms with Gasteiger partial charge in [-0.15, -0.1) is 0 Å². The Bertz CT molecular complexity index is 301. The maximum Gasteiger partial charge on any atom is 0.136 e. The molecule has 0 spiro atoms. The van der Waals surface area contributed by atoms with E-state index in [9.17, 15) is 4.79 Å². The van der Waals surface area contributed by atoms with E-state index >= 15 is 0 Å². The molecule has 0 amide bonds. The summed E-state index contributed by atoms with van der Waals surface area (Å²) < 4.78 is 5.83. The second-order valence-electron chi connectivity index (χ2n) is 7.52. The maximum atomic E-state index is 12.3. The zero-order valence-electron chi connectivity index (χ0n) is 14.7. The normalized spacial score (nSPS) is 27.2. The first-order chi connectivity index (χ1) is 10.8. The Labute approximate surface area is 137 Å². The lowest BCUT2D eigenvalue weighted by Crippen LogP contribution is -2.29. The molecule has 2 fully saturated rings. The van der Waals surface area contributed by atoms with E-state index in [1.165, 1.54) is 70.6 Å². The second kappa shape index (κ2) is 10.4. The molecule has 2 saturated heterocycles. The third-order valence-corrected chi connectivity index (χ3v) is 5.52. The van der Waals surface area contributed by atoms with E-state index in [2.05, 4.69) is 6.92 Å². The third-order valence-electron chi connectivity index (χ3n) is 5.52. The van der Waals surface area contributed by atoms with E-state index < -0.39 is 0 Å². The SMILES string of the molecule is CCCCCCCCCCCCC(=O)C1CC2CCC(C1)O2. The fourth-order valence-electron chi connectivity index (χ4n) is 4.11. The van der Waals surface area contributed by atoms with E-state index in [1.54, 1.807) is 0 Å². The van der Waals surface area contributed by atoms with Crippen LogP contribution in [0.5, 0.6) is 0 Å². The molecule has 2 aliphatic rings. The first kappa shape index (κ1) is 18.0. The van der Waals surface area contributed by atoms with Crippen LogP contribution >= 0.6 is 0 Å². The number of fused-ring (bicyclic) bond motifs is 2. The van der Waals surface area contributed by atoms with Gasteiger partial charge in [0.05, 0.1) is 12.2 Å². The molecule has 2 rings (SSSR count). The van der Waals surface area contributed by atoms with Crippen LogP contribution in [-0.2, 0) is 9.53 Å². The predicted molar refractivity (Wildman–Crippen MR) is 92.1 cm³/mol. The van der Waals surface area contributed by atoms with Gasteiger partial charge >= 0.3 is 0 Å². The summed E-state index contributed by atoms with van der Waals surface area (Å²) in [5.41, 5.74) is 0. The maximum absolute atomic E-state index is 12.3. The number of ketones is 1. The van der Waals surface area contributed by atoms with E-state index in [1.807, 2.05) is 0 Å². The monoisotopic (exact) mass is 308 g/mol. The number of Topliss-reactive ketones (excluding diaryl/α,β-unsaturated/α-hetero) is 1. The van der Waals surface area contributed by atoms with Crippen molar-refractivity contribution in [3.8, 4) is 0 Å². The Kier molecular flexibility index (Phi) is 8.51. The summed E-state index contributed by atoms with van der Waals surface area (Å²) in [6.45, 7) is 2.27. The van der Waals surface area contributed by atoms with Gasteiger partial charge in [0.2, 0.25) is 0 Å². The van der Waals surface area contributed by atoms with E-state index in [0.717, 1.165) is 25.7 Å². The van der Waals surface area contributed by atoms with Crippen molar-refractivity contribution in [1.82, 2.24) is 0 Å². The zero-order valence-corrected chi connectivity index (χ0v) is 14.7. The van der Waals surface area contributed by atoms with Crippen LogP contribution in [0.1, 0.15) is 103 Å². The minimum absolute atomic E-state index is 0.324. The van der Waals surface area contributed by atoms with E-state index in [4.69, 9.17) is 4.74 Å². The van der Waals surface area contributed by atoms with Gasteiger partial charge < -0.3 is 4.74 Å². The minimum Gasteiger partial charge on any atom is -0.375 e. The Morgan fingerprint density at radius 1 is 0.818 bits per heavy atom. The van der Waals surface area contributed by atoms with Crippen LogP contribution in [-0.4, -0.2) is 18.0 Å². The molecule has 2 bridgehead atoms. The number of hydrogen-bond acceptors (Lipinski definition) is 2. The van der Waals surface area contributed by atoms with Gasteiger partial charge in [-0.2, -0.15) is 0 Å². The van der Waals surface area contributed by atoms with Crippen molar-refractivity contribution >= 4 is 5.78 Å². The number of ether oxygens (including phenoxy) is 1. The van der Waals surface area contributed by atoms with Crippen molar-refractivity contribution in [2.45, 2.75) is 115 Å². The van der Waals surface area contributed by atoms with Crippen molar-refractivity contribution in [2.75, 3.05) is 0 Å². The number of carbonyl (C=O) groups excluding carboxylic acids is 1. The van der Waals surface area contributed by atoms with E-state index in [0.29, 0.717) is 23.9 Å². The van der Waals surface area contributed by atoms with Crippen molar-refractivity contribution in [3.63, 3.8) is 0 Å². The Morgan fingerprint density at radius 3 is 1.86 bits per heavy atom. The second-order valence-corrected chi connectivity index (χ2v) is 7.52. The molecular weight excluding hydrogens is 272 g/mol. The lowest BCUT2D eigenvalue weighted by atomic mass is 9.89. The molecule has 2 nitrogen and oxygen atoms in total. The molecule has 2 heterocycles. The van der Waals surface area contributed by atoms with E-state index in [-0.39, 0.29) is 0 Å². The predicted octanol–water partition coefficient (Wildman–Crippen LogP) is 5.82. The minimum atomic E-state index is 0.324. The van der Waals surface area contributed by atoms with Gasteiger partial charge in [-0.1, -0.05) is 64.7 Å². The Hall–Kier alpha value is -0.370. The summed E-state index contributed by atoms with van der Waals surface area (Å²) in [4.78, 5) is 12.3. The standard InChI is InChI=1S/C20H36O2/c1-2-3-4-5-6-7-8-9-10-11-12-20(21)17-15-18-13-14-19(16-17)22-18/h17-19H,2-16H2,1H3. The van der Waals surface area contributed by atoms with Crippen LogP contribution in [0.2, 0.25) is 0 Å². The quantitative estimate of drug-likeness (QED) is 0.424. The van der Waals surface area contributed by atoms with Gasteiger partial charge in [0, 0.05) is 12.3 Å². The number of rotatable bonds is 12. The molecule has 2 atom stereocenters. The number of hydrogen-bond donors (Lipinski definition) is 0. The first-order valence-corrected chi connectivity index (χ1v) is 9.97. The summed E-state index contributed by atoms with van der Waals surface area (Å²) in [7, 11) is 0. The molecular formula is C20H36O2. The van der Waals surface area contributed by atoms with Crippen LogP contribution < -0.4 is 0 Å². The molecule has 0 radical (unpaired) electrons. The summed E-state index contributed by atoms with van der Waals surface area (Å²) in [5.74, 6) is 0.851. The van der Waals surface area contributed by atoms with Crippen LogP contribution in [0.4, 0.5) is 0 Å². The highest BCUT2D eigenvalue weighted by Crippen LogP contribution is 2.36. The third kappa shape index (κ3) is 6.40. The summed E-state index contributed by atoms with van der Waals surface area (Å²) in [6, 6.07) is 0. The van der Waals surface area contributed by atoms with Crippen LogP contribution in [0.25, 0.3) is 0 Å². The van der Waals surface area contributed by atoms with Gasteiger partial charge in [-0.05, 0) is 32.1 Å². The average Bonchev–Trinajstić information content (AvgIpc) is 2.87. The van der Waals surface area contributed by atoms with Gasteiger partial charge in [0.15, 0.2) is 0 Å². The lowest BCUT2D eigenvalue weighted by Gasteiger charge is -2.27. The lowest BCUT2D eigenvalue weighted by molar-refractivity contribution is -0.128. The molecule has 0 aromatic rings. The summed E-state index contributed by atoms with van der Waals surface area (Å²) in [5, 5.41) is 0. The fraction of sp³-hybridized carbons (Fsp3) is 0.950.